The number of halogens is 1. The molecule has 3 nitrogen and oxygen atoms in total. The van der Waals surface area contributed by atoms with Crippen LogP contribution < -0.4 is 5.32 Å². The maximum atomic E-state index is 5.94. The molecule has 1 fully saturated rings. The second kappa shape index (κ2) is 5.97. The van der Waals surface area contributed by atoms with Crippen LogP contribution in [0.15, 0.2) is 24.5 Å². The number of hydrogen-bond acceptors (Lipinski definition) is 3. The Labute approximate surface area is 122 Å². The topological polar surface area (TPSA) is 29.9 Å². The molecule has 0 radical (unpaired) electrons. The zero-order valence-electron chi connectivity index (χ0n) is 10.8. The molecule has 0 aliphatic heterocycles. The predicted octanol–water partition coefficient (Wildman–Crippen LogP) is 4.72. The van der Waals surface area contributed by atoms with Crippen molar-refractivity contribution in [3.05, 3.63) is 33.7 Å². The summed E-state index contributed by atoms with van der Waals surface area (Å²) in [5.74, 6) is 0.983. The van der Waals surface area contributed by atoms with E-state index in [1.165, 1.54) is 37.0 Å². The number of anilines is 1. The molecule has 0 aromatic carbocycles. The van der Waals surface area contributed by atoms with Gasteiger partial charge in [-0.15, -0.1) is 11.3 Å². The average molecular weight is 296 g/mol. The van der Waals surface area contributed by atoms with Gasteiger partial charge in [-0.3, -0.25) is 0 Å². The minimum Gasteiger partial charge on any atom is -0.351 e. The van der Waals surface area contributed by atoms with Crippen LogP contribution >= 0.6 is 22.9 Å². The number of nitrogens with zero attached hydrogens (tertiary/aromatic N) is 2. The van der Waals surface area contributed by atoms with Crippen molar-refractivity contribution in [3.63, 3.8) is 0 Å². The minimum absolute atomic E-state index is 0.616. The molecule has 3 rings (SSSR count). The molecule has 1 aliphatic carbocycles. The fraction of sp³-hybridized carbons (Fsp3) is 0.500. The van der Waals surface area contributed by atoms with Crippen LogP contribution in [0.3, 0.4) is 0 Å². The third kappa shape index (κ3) is 3.12. The Balaban J connectivity index is 1.66. The SMILES string of the molecule is Clc1ccc(CNc2nccn2C2CCCCC2)s1. The highest BCUT2D eigenvalue weighted by atomic mass is 35.5. The van der Waals surface area contributed by atoms with Crippen molar-refractivity contribution in [2.75, 3.05) is 5.32 Å². The van der Waals surface area contributed by atoms with Crippen LogP contribution in [0.1, 0.15) is 43.0 Å². The first-order valence-electron chi connectivity index (χ1n) is 6.84. The maximum Gasteiger partial charge on any atom is 0.203 e. The van der Waals surface area contributed by atoms with Crippen LogP contribution in [0, 0.1) is 0 Å². The third-order valence-corrected chi connectivity index (χ3v) is 4.92. The Morgan fingerprint density at radius 3 is 2.89 bits per heavy atom. The lowest BCUT2D eigenvalue weighted by Crippen LogP contribution is -2.15. The van der Waals surface area contributed by atoms with Gasteiger partial charge in [0.15, 0.2) is 0 Å². The second-order valence-corrected chi connectivity index (χ2v) is 6.81. The van der Waals surface area contributed by atoms with E-state index in [0.29, 0.717) is 6.04 Å². The molecular weight excluding hydrogens is 278 g/mol. The summed E-state index contributed by atoms with van der Waals surface area (Å²) in [6.07, 6.45) is 10.6. The normalized spacial score (nSPS) is 16.7. The average Bonchev–Trinajstić information content (AvgIpc) is 3.06. The van der Waals surface area contributed by atoms with Crippen molar-refractivity contribution in [1.82, 2.24) is 9.55 Å². The number of rotatable bonds is 4. The zero-order valence-corrected chi connectivity index (χ0v) is 12.4. The van der Waals surface area contributed by atoms with E-state index in [-0.39, 0.29) is 0 Å². The van der Waals surface area contributed by atoms with Gasteiger partial charge in [0, 0.05) is 23.3 Å². The molecule has 1 aliphatic rings. The van der Waals surface area contributed by atoms with Crippen molar-refractivity contribution in [2.45, 2.75) is 44.7 Å². The van der Waals surface area contributed by atoms with Crippen LogP contribution in [-0.2, 0) is 6.54 Å². The van der Waals surface area contributed by atoms with Gasteiger partial charge >= 0.3 is 0 Å². The molecule has 1 saturated carbocycles. The highest BCUT2D eigenvalue weighted by molar-refractivity contribution is 7.16. The fourth-order valence-electron chi connectivity index (χ4n) is 2.72. The number of aromatic nitrogens is 2. The lowest BCUT2D eigenvalue weighted by molar-refractivity contribution is 0.356. The van der Waals surface area contributed by atoms with Crippen molar-refractivity contribution in [2.24, 2.45) is 0 Å². The van der Waals surface area contributed by atoms with Gasteiger partial charge in [0.25, 0.3) is 0 Å². The summed E-state index contributed by atoms with van der Waals surface area (Å²) < 4.78 is 3.14. The highest BCUT2D eigenvalue weighted by Crippen LogP contribution is 2.30. The molecule has 5 heteroatoms. The van der Waals surface area contributed by atoms with Gasteiger partial charge in [0.2, 0.25) is 5.95 Å². The molecule has 0 atom stereocenters. The fourth-order valence-corrected chi connectivity index (χ4v) is 3.74. The van der Waals surface area contributed by atoms with Crippen molar-refractivity contribution in [3.8, 4) is 0 Å². The molecule has 0 spiro atoms. The van der Waals surface area contributed by atoms with Crippen molar-refractivity contribution >= 4 is 28.9 Å². The third-order valence-electron chi connectivity index (χ3n) is 3.69. The molecule has 0 amide bonds. The van der Waals surface area contributed by atoms with E-state index in [4.69, 9.17) is 11.6 Å². The molecule has 102 valence electrons. The Kier molecular flexibility index (Phi) is 4.09. The Hall–Kier alpha value is -1.00. The first-order chi connectivity index (χ1) is 9.33. The lowest BCUT2D eigenvalue weighted by Gasteiger charge is -2.24. The second-order valence-electron chi connectivity index (χ2n) is 5.01. The number of thiophene rings is 1. The van der Waals surface area contributed by atoms with Crippen molar-refractivity contribution in [1.29, 1.82) is 0 Å². The molecule has 2 aromatic heterocycles. The lowest BCUT2D eigenvalue weighted by atomic mass is 9.95. The minimum atomic E-state index is 0.616. The first kappa shape index (κ1) is 13.0. The Morgan fingerprint density at radius 1 is 1.32 bits per heavy atom. The van der Waals surface area contributed by atoms with Crippen LogP contribution in [0.25, 0.3) is 0 Å². The molecular formula is C14H18ClN3S. The summed E-state index contributed by atoms with van der Waals surface area (Å²) in [7, 11) is 0. The van der Waals surface area contributed by atoms with Crippen LogP contribution in [-0.4, -0.2) is 9.55 Å². The van der Waals surface area contributed by atoms with E-state index in [1.807, 2.05) is 12.3 Å². The standard InChI is InChI=1S/C14H18ClN3S/c15-13-7-6-12(19-13)10-17-14-16-8-9-18(14)11-4-2-1-3-5-11/h6-9,11H,1-5,10H2,(H,16,17). The maximum absolute atomic E-state index is 5.94. The van der Waals surface area contributed by atoms with Gasteiger partial charge < -0.3 is 9.88 Å². The first-order valence-corrected chi connectivity index (χ1v) is 8.03. The highest BCUT2D eigenvalue weighted by Gasteiger charge is 2.17. The Bertz CT molecular complexity index is 528. The molecule has 2 heterocycles. The van der Waals surface area contributed by atoms with Gasteiger partial charge in [0.1, 0.15) is 0 Å². The summed E-state index contributed by atoms with van der Waals surface area (Å²) in [6.45, 7) is 0.793. The molecule has 19 heavy (non-hydrogen) atoms. The monoisotopic (exact) mass is 295 g/mol. The zero-order chi connectivity index (χ0) is 13.1. The van der Waals surface area contributed by atoms with E-state index >= 15 is 0 Å². The summed E-state index contributed by atoms with van der Waals surface area (Å²) in [5, 5.41) is 3.42. The quantitative estimate of drug-likeness (QED) is 0.885. The molecule has 0 saturated heterocycles. The van der Waals surface area contributed by atoms with Gasteiger partial charge in [-0.1, -0.05) is 30.9 Å². The smallest absolute Gasteiger partial charge is 0.203 e. The van der Waals surface area contributed by atoms with E-state index in [0.717, 1.165) is 16.8 Å². The van der Waals surface area contributed by atoms with E-state index in [9.17, 15) is 0 Å². The van der Waals surface area contributed by atoms with Gasteiger partial charge in [-0.2, -0.15) is 0 Å². The van der Waals surface area contributed by atoms with Crippen molar-refractivity contribution < 1.29 is 0 Å². The van der Waals surface area contributed by atoms with Crippen LogP contribution in [0.2, 0.25) is 4.34 Å². The summed E-state index contributed by atoms with van der Waals surface area (Å²) >= 11 is 7.56. The number of hydrogen-bond donors (Lipinski definition) is 1. The van der Waals surface area contributed by atoms with Gasteiger partial charge in [-0.25, -0.2) is 4.98 Å². The molecule has 0 unspecified atom stereocenters. The van der Waals surface area contributed by atoms with E-state index in [2.05, 4.69) is 27.1 Å². The Morgan fingerprint density at radius 2 is 2.16 bits per heavy atom. The predicted molar refractivity (Wildman–Crippen MR) is 81.0 cm³/mol. The largest absolute Gasteiger partial charge is 0.351 e. The van der Waals surface area contributed by atoms with Crippen LogP contribution in [0.4, 0.5) is 5.95 Å². The molecule has 2 aromatic rings. The summed E-state index contributed by atoms with van der Waals surface area (Å²) in [4.78, 5) is 5.68. The van der Waals surface area contributed by atoms with Gasteiger partial charge in [-0.05, 0) is 25.0 Å². The number of nitrogens with one attached hydrogen (secondary N) is 1. The van der Waals surface area contributed by atoms with Gasteiger partial charge in [0.05, 0.1) is 10.9 Å². The molecule has 0 bridgehead atoms. The van der Waals surface area contributed by atoms with Crippen LogP contribution in [0.5, 0.6) is 0 Å². The summed E-state index contributed by atoms with van der Waals surface area (Å²) in [6, 6.07) is 4.62. The van der Waals surface area contributed by atoms with E-state index < -0.39 is 0 Å². The summed E-state index contributed by atoms with van der Waals surface area (Å²) in [5.41, 5.74) is 0. The molecule has 1 N–H and O–H groups in total. The number of imidazole rings is 1. The van der Waals surface area contributed by atoms with E-state index in [1.54, 1.807) is 11.3 Å².